The van der Waals surface area contributed by atoms with Crippen LogP contribution in [-0.2, 0) is 6.42 Å². The lowest BCUT2D eigenvalue weighted by Crippen LogP contribution is -2.00. The van der Waals surface area contributed by atoms with Gasteiger partial charge in [-0.15, -0.1) is 11.3 Å². The maximum atomic E-state index is 10.1. The zero-order chi connectivity index (χ0) is 11.5. The van der Waals surface area contributed by atoms with Crippen LogP contribution < -0.4 is 0 Å². The van der Waals surface area contributed by atoms with Crippen LogP contribution in [0.5, 0.6) is 0 Å². The van der Waals surface area contributed by atoms with E-state index in [2.05, 4.69) is 31.9 Å². The van der Waals surface area contributed by atoms with Crippen LogP contribution in [0.25, 0.3) is 0 Å². The average molecular weight is 362 g/mol. The fourth-order valence-corrected chi connectivity index (χ4v) is 3.58. The van der Waals surface area contributed by atoms with E-state index >= 15 is 0 Å². The molecule has 1 atom stereocenters. The summed E-state index contributed by atoms with van der Waals surface area (Å²) in [4.78, 5) is 0.982. The molecule has 1 unspecified atom stereocenters. The molecule has 4 heteroatoms. The molecule has 84 valence electrons. The van der Waals surface area contributed by atoms with E-state index in [4.69, 9.17) is 0 Å². The van der Waals surface area contributed by atoms with Crippen molar-refractivity contribution in [2.75, 3.05) is 0 Å². The highest BCUT2D eigenvalue weighted by Gasteiger charge is 2.14. The summed E-state index contributed by atoms with van der Waals surface area (Å²) in [7, 11) is 0. The Labute approximate surface area is 115 Å². The second-order valence-electron chi connectivity index (χ2n) is 3.44. The molecule has 0 spiro atoms. The molecule has 1 N–H and O–H groups in total. The van der Waals surface area contributed by atoms with Gasteiger partial charge >= 0.3 is 0 Å². The summed E-state index contributed by atoms with van der Waals surface area (Å²) in [6.07, 6.45) is 0.175. The predicted octanol–water partition coefficient (Wildman–Crippen LogP) is 4.55. The zero-order valence-corrected chi connectivity index (χ0v) is 12.3. The second kappa shape index (κ2) is 5.45. The van der Waals surface area contributed by atoms with E-state index in [9.17, 15) is 5.11 Å². The van der Waals surface area contributed by atoms with Crippen LogP contribution in [0.3, 0.4) is 0 Å². The number of rotatable bonds is 3. The van der Waals surface area contributed by atoms with Crippen molar-refractivity contribution in [1.29, 1.82) is 0 Å². The van der Waals surface area contributed by atoms with Crippen molar-refractivity contribution < 1.29 is 5.11 Å². The van der Waals surface area contributed by atoms with Gasteiger partial charge in [-0.1, -0.05) is 34.1 Å². The lowest BCUT2D eigenvalue weighted by atomic mass is 10.1. The van der Waals surface area contributed by atoms with Gasteiger partial charge in [-0.25, -0.2) is 0 Å². The third-order valence-electron chi connectivity index (χ3n) is 2.32. The number of thiophene rings is 1. The molecule has 16 heavy (non-hydrogen) atoms. The van der Waals surface area contributed by atoms with Crippen LogP contribution in [0.4, 0.5) is 0 Å². The lowest BCUT2D eigenvalue weighted by molar-refractivity contribution is 0.181. The highest BCUT2D eigenvalue weighted by molar-refractivity contribution is 9.10. The van der Waals surface area contributed by atoms with Crippen LogP contribution in [0.1, 0.15) is 16.5 Å². The molecule has 0 aliphatic rings. The summed E-state index contributed by atoms with van der Waals surface area (Å²) in [6.45, 7) is 0. The molecule has 0 amide bonds. The number of hydrogen-bond acceptors (Lipinski definition) is 2. The zero-order valence-electron chi connectivity index (χ0n) is 8.36. The van der Waals surface area contributed by atoms with E-state index in [0.717, 1.165) is 19.4 Å². The quantitative estimate of drug-likeness (QED) is 0.850. The van der Waals surface area contributed by atoms with Crippen LogP contribution in [0, 0.1) is 0 Å². The fourth-order valence-electron chi connectivity index (χ4n) is 1.51. The van der Waals surface area contributed by atoms with Gasteiger partial charge in [0.2, 0.25) is 0 Å². The van der Waals surface area contributed by atoms with Gasteiger partial charge in [-0.3, -0.25) is 0 Å². The fraction of sp³-hybridized carbons (Fsp3) is 0.167. The normalized spacial score (nSPS) is 12.7. The Morgan fingerprint density at radius 2 is 1.88 bits per heavy atom. The van der Waals surface area contributed by atoms with Gasteiger partial charge in [0.1, 0.15) is 0 Å². The molecule has 0 aliphatic heterocycles. The van der Waals surface area contributed by atoms with Crippen LogP contribution >= 0.6 is 43.2 Å². The predicted molar refractivity (Wildman–Crippen MR) is 74.8 cm³/mol. The Morgan fingerprint density at radius 1 is 1.12 bits per heavy atom. The van der Waals surface area contributed by atoms with Crippen molar-refractivity contribution in [3.8, 4) is 0 Å². The minimum atomic E-state index is -0.451. The first-order chi connectivity index (χ1) is 7.68. The molecule has 0 saturated heterocycles. The van der Waals surface area contributed by atoms with E-state index in [1.54, 1.807) is 11.3 Å². The molecule has 0 fully saturated rings. The SMILES string of the molecule is OC(Cc1ccccc1Br)c1sccc1Br. The molecule has 1 aromatic carbocycles. The minimum absolute atomic E-state index is 0.451. The number of aliphatic hydroxyl groups is 1. The van der Waals surface area contributed by atoms with E-state index in [-0.39, 0.29) is 0 Å². The highest BCUT2D eigenvalue weighted by atomic mass is 79.9. The number of halogens is 2. The largest absolute Gasteiger partial charge is 0.387 e. The molecule has 0 bridgehead atoms. The van der Waals surface area contributed by atoms with Gasteiger partial charge in [0.05, 0.1) is 6.10 Å². The van der Waals surface area contributed by atoms with E-state index < -0.39 is 6.10 Å². The molecular formula is C12H10Br2OS. The summed E-state index contributed by atoms with van der Waals surface area (Å²) >= 11 is 8.50. The molecule has 1 heterocycles. The molecule has 2 aromatic rings. The van der Waals surface area contributed by atoms with Gasteiger partial charge in [0.15, 0.2) is 0 Å². The van der Waals surface area contributed by atoms with E-state index in [1.807, 2.05) is 35.7 Å². The van der Waals surface area contributed by atoms with Crippen molar-refractivity contribution in [3.63, 3.8) is 0 Å². The topological polar surface area (TPSA) is 20.2 Å². The molecule has 1 aromatic heterocycles. The minimum Gasteiger partial charge on any atom is -0.387 e. The third-order valence-corrected chi connectivity index (χ3v) is 5.06. The molecule has 0 radical (unpaired) electrons. The monoisotopic (exact) mass is 360 g/mol. The van der Waals surface area contributed by atoms with Crippen molar-refractivity contribution in [3.05, 3.63) is 55.1 Å². The molecule has 2 rings (SSSR count). The Balaban J connectivity index is 2.17. The standard InChI is InChI=1S/C12H10Br2OS/c13-9-4-2-1-3-8(9)7-11(15)12-10(14)5-6-16-12/h1-6,11,15H,7H2. The number of aliphatic hydroxyl groups excluding tert-OH is 1. The third kappa shape index (κ3) is 2.74. The van der Waals surface area contributed by atoms with Crippen LogP contribution in [-0.4, -0.2) is 5.11 Å². The maximum absolute atomic E-state index is 10.1. The number of hydrogen-bond donors (Lipinski definition) is 1. The Hall–Kier alpha value is -0.160. The summed E-state index contributed by atoms with van der Waals surface area (Å²) in [5, 5.41) is 12.1. The second-order valence-corrected chi connectivity index (χ2v) is 6.10. The van der Waals surface area contributed by atoms with Crippen molar-refractivity contribution in [1.82, 2.24) is 0 Å². The maximum Gasteiger partial charge on any atom is 0.0933 e. The summed E-state index contributed by atoms with van der Waals surface area (Å²) in [5.74, 6) is 0. The van der Waals surface area contributed by atoms with E-state index in [0.29, 0.717) is 6.42 Å². The lowest BCUT2D eigenvalue weighted by Gasteiger charge is -2.10. The molecule has 1 nitrogen and oxygen atoms in total. The van der Waals surface area contributed by atoms with Gasteiger partial charge in [-0.2, -0.15) is 0 Å². The van der Waals surface area contributed by atoms with E-state index in [1.165, 1.54) is 0 Å². The van der Waals surface area contributed by atoms with Gasteiger partial charge in [0.25, 0.3) is 0 Å². The Morgan fingerprint density at radius 3 is 2.50 bits per heavy atom. The molecule has 0 aliphatic carbocycles. The Bertz CT molecular complexity index is 481. The highest BCUT2D eigenvalue weighted by Crippen LogP contribution is 2.32. The van der Waals surface area contributed by atoms with Gasteiger partial charge in [-0.05, 0) is 39.0 Å². The molecular weight excluding hydrogens is 352 g/mol. The average Bonchev–Trinajstić information content (AvgIpc) is 2.68. The summed E-state index contributed by atoms with van der Waals surface area (Å²) < 4.78 is 2.03. The van der Waals surface area contributed by atoms with Gasteiger partial charge in [0, 0.05) is 20.2 Å². The van der Waals surface area contributed by atoms with Crippen molar-refractivity contribution in [2.45, 2.75) is 12.5 Å². The van der Waals surface area contributed by atoms with Crippen molar-refractivity contribution >= 4 is 43.2 Å². The molecule has 0 saturated carbocycles. The summed E-state index contributed by atoms with van der Waals surface area (Å²) in [6, 6.07) is 9.93. The van der Waals surface area contributed by atoms with Gasteiger partial charge < -0.3 is 5.11 Å². The smallest absolute Gasteiger partial charge is 0.0933 e. The first-order valence-corrected chi connectivity index (χ1v) is 7.29. The van der Waals surface area contributed by atoms with Crippen LogP contribution in [0.2, 0.25) is 0 Å². The number of benzene rings is 1. The Kier molecular flexibility index (Phi) is 4.19. The van der Waals surface area contributed by atoms with Crippen molar-refractivity contribution in [2.24, 2.45) is 0 Å². The first-order valence-electron chi connectivity index (χ1n) is 4.83. The summed E-state index contributed by atoms with van der Waals surface area (Å²) in [5.41, 5.74) is 1.12. The van der Waals surface area contributed by atoms with Crippen LogP contribution in [0.15, 0.2) is 44.7 Å². The first kappa shape index (κ1) is 12.3.